The molecular weight excluding hydrogens is 346 g/mol. The molecule has 1 aliphatic rings. The minimum absolute atomic E-state index is 0.00398. The van der Waals surface area contributed by atoms with Crippen LogP contribution in [0.25, 0.3) is 6.08 Å². The average Bonchev–Trinajstić information content (AvgIpc) is 3.16. The summed E-state index contributed by atoms with van der Waals surface area (Å²) in [4.78, 5) is 16.5. The minimum atomic E-state index is -0.00398. The number of hydrogen-bond acceptors (Lipinski definition) is 5. The summed E-state index contributed by atoms with van der Waals surface area (Å²) in [5, 5.41) is 8.15. The number of rotatable bonds is 7. The monoisotopic (exact) mass is 371 g/mol. The summed E-state index contributed by atoms with van der Waals surface area (Å²) < 4.78 is 1.75. The molecule has 1 amide bonds. The number of hydrogen-bond donors (Lipinski definition) is 0. The molecule has 0 radical (unpaired) electrons. The summed E-state index contributed by atoms with van der Waals surface area (Å²) in [5.41, 5.74) is 1.65. The molecule has 2 heterocycles. The Morgan fingerprint density at radius 1 is 1.27 bits per heavy atom. The van der Waals surface area contributed by atoms with E-state index in [0.717, 1.165) is 37.7 Å². The van der Waals surface area contributed by atoms with Gasteiger partial charge in [0, 0.05) is 37.7 Å². The molecule has 3 rings (SSSR count). The Labute approximate surface area is 158 Å². The molecule has 1 saturated heterocycles. The van der Waals surface area contributed by atoms with Gasteiger partial charge in [0.1, 0.15) is 0 Å². The topological polar surface area (TPSA) is 54.3 Å². The first-order valence-corrected chi connectivity index (χ1v) is 10.0. The highest BCUT2D eigenvalue weighted by atomic mass is 32.2. The third-order valence-corrected chi connectivity index (χ3v) is 5.24. The molecule has 26 heavy (non-hydrogen) atoms. The molecule has 138 valence electrons. The molecule has 2 aromatic rings. The van der Waals surface area contributed by atoms with Crippen molar-refractivity contribution in [2.24, 2.45) is 0 Å². The zero-order valence-corrected chi connectivity index (χ0v) is 15.9. The van der Waals surface area contributed by atoms with Crippen molar-refractivity contribution in [1.82, 2.24) is 24.8 Å². The van der Waals surface area contributed by atoms with Gasteiger partial charge in [-0.05, 0) is 12.6 Å². The van der Waals surface area contributed by atoms with Crippen LogP contribution in [0.1, 0.15) is 16.1 Å². The lowest BCUT2D eigenvalue weighted by Gasteiger charge is -2.25. The summed E-state index contributed by atoms with van der Waals surface area (Å²) in [6.45, 7) is 4.02. The van der Waals surface area contributed by atoms with Crippen LogP contribution in [0, 0.1) is 0 Å². The van der Waals surface area contributed by atoms with E-state index in [1.54, 1.807) is 10.9 Å². The first-order chi connectivity index (χ1) is 12.7. The maximum Gasteiger partial charge on any atom is 0.276 e. The molecule has 7 heteroatoms. The van der Waals surface area contributed by atoms with Crippen molar-refractivity contribution in [2.45, 2.75) is 6.54 Å². The van der Waals surface area contributed by atoms with Gasteiger partial charge < -0.3 is 9.80 Å². The van der Waals surface area contributed by atoms with Gasteiger partial charge in [-0.3, -0.25) is 9.48 Å². The predicted octanol–water partition coefficient (Wildman–Crippen LogP) is 2.11. The largest absolute Gasteiger partial charge is 0.336 e. The van der Waals surface area contributed by atoms with Crippen molar-refractivity contribution >= 4 is 23.7 Å². The Balaban J connectivity index is 1.44. The number of aromatic nitrogens is 3. The number of benzene rings is 1. The molecule has 1 fully saturated rings. The lowest BCUT2D eigenvalue weighted by atomic mass is 10.2. The van der Waals surface area contributed by atoms with Crippen molar-refractivity contribution in [3.8, 4) is 0 Å². The molecule has 0 N–H and O–H groups in total. The second-order valence-corrected chi connectivity index (χ2v) is 7.57. The normalized spacial score (nSPS) is 15.1. The van der Waals surface area contributed by atoms with E-state index in [4.69, 9.17) is 0 Å². The van der Waals surface area contributed by atoms with Crippen molar-refractivity contribution in [2.75, 3.05) is 44.7 Å². The van der Waals surface area contributed by atoms with Crippen molar-refractivity contribution in [3.63, 3.8) is 0 Å². The average molecular weight is 372 g/mol. The molecule has 6 nitrogen and oxygen atoms in total. The molecule has 0 spiro atoms. The van der Waals surface area contributed by atoms with Gasteiger partial charge in [0.25, 0.3) is 5.91 Å². The highest BCUT2D eigenvalue weighted by Crippen LogP contribution is 2.11. The lowest BCUT2D eigenvalue weighted by Crippen LogP contribution is -2.38. The van der Waals surface area contributed by atoms with Gasteiger partial charge in [-0.25, -0.2) is 0 Å². The van der Waals surface area contributed by atoms with Crippen LogP contribution in [0.5, 0.6) is 0 Å². The fourth-order valence-corrected chi connectivity index (χ4v) is 3.63. The summed E-state index contributed by atoms with van der Waals surface area (Å²) in [7, 11) is 2.07. The Morgan fingerprint density at radius 2 is 2.04 bits per heavy atom. The number of carbonyl (C=O) groups is 1. The molecule has 0 aliphatic carbocycles. The Morgan fingerprint density at radius 3 is 2.81 bits per heavy atom. The zero-order valence-electron chi connectivity index (χ0n) is 15.1. The fraction of sp³-hybridized carbons (Fsp3) is 0.421. The van der Waals surface area contributed by atoms with Crippen LogP contribution < -0.4 is 0 Å². The highest BCUT2D eigenvalue weighted by molar-refractivity contribution is 7.99. The zero-order chi connectivity index (χ0) is 18.2. The van der Waals surface area contributed by atoms with Crippen molar-refractivity contribution in [1.29, 1.82) is 0 Å². The van der Waals surface area contributed by atoms with Crippen LogP contribution in [-0.2, 0) is 6.54 Å². The second-order valence-electron chi connectivity index (χ2n) is 6.35. The maximum absolute atomic E-state index is 12.4. The van der Waals surface area contributed by atoms with Gasteiger partial charge in [0.05, 0.1) is 12.7 Å². The van der Waals surface area contributed by atoms with Crippen LogP contribution in [0.3, 0.4) is 0 Å². The van der Waals surface area contributed by atoms with Gasteiger partial charge >= 0.3 is 0 Å². The maximum atomic E-state index is 12.4. The van der Waals surface area contributed by atoms with Gasteiger partial charge in [0.2, 0.25) is 0 Å². The van der Waals surface area contributed by atoms with Gasteiger partial charge in [-0.1, -0.05) is 47.7 Å². The first kappa shape index (κ1) is 18.7. The lowest BCUT2D eigenvalue weighted by molar-refractivity contribution is 0.0766. The van der Waals surface area contributed by atoms with E-state index < -0.39 is 0 Å². The molecule has 0 atom stereocenters. The van der Waals surface area contributed by atoms with E-state index in [0.29, 0.717) is 12.2 Å². The summed E-state index contributed by atoms with van der Waals surface area (Å²) in [5.74, 6) is 2.00. The Bertz CT molecular complexity index is 725. The van der Waals surface area contributed by atoms with Crippen LogP contribution in [-0.4, -0.2) is 75.4 Å². The highest BCUT2D eigenvalue weighted by Gasteiger charge is 2.21. The fourth-order valence-electron chi connectivity index (χ4n) is 2.73. The van der Waals surface area contributed by atoms with E-state index in [1.165, 1.54) is 5.56 Å². The summed E-state index contributed by atoms with van der Waals surface area (Å²) in [6.07, 6.45) is 6.04. The molecule has 1 aromatic carbocycles. The quantitative estimate of drug-likeness (QED) is 0.746. The van der Waals surface area contributed by atoms with E-state index in [9.17, 15) is 4.79 Å². The van der Waals surface area contributed by atoms with E-state index in [2.05, 4.69) is 46.5 Å². The molecule has 0 bridgehead atoms. The van der Waals surface area contributed by atoms with Crippen LogP contribution in [0.15, 0.2) is 42.6 Å². The van der Waals surface area contributed by atoms with Crippen LogP contribution in [0.2, 0.25) is 0 Å². The number of amides is 1. The smallest absolute Gasteiger partial charge is 0.276 e. The molecule has 1 aromatic heterocycles. The second kappa shape index (κ2) is 9.54. The SMILES string of the molecule is CN(CC=Cc1ccccc1)CCn1cc(C(=O)N2CCSCC2)nn1. The van der Waals surface area contributed by atoms with Crippen LogP contribution >= 0.6 is 11.8 Å². The molecule has 0 saturated carbocycles. The number of likely N-dealkylation sites (N-methyl/N-ethyl adjacent to an activating group) is 1. The van der Waals surface area contributed by atoms with Gasteiger partial charge in [0.15, 0.2) is 5.69 Å². The summed E-state index contributed by atoms with van der Waals surface area (Å²) in [6, 6.07) is 10.3. The standard InChI is InChI=1S/C19H25N5OS/c1-22(9-5-8-17-6-3-2-4-7-17)10-11-24-16-18(20-21-24)19(25)23-12-14-26-15-13-23/h2-8,16H,9-15H2,1H3. The van der Waals surface area contributed by atoms with E-state index in [-0.39, 0.29) is 5.91 Å². The molecule has 0 unspecified atom stereocenters. The minimum Gasteiger partial charge on any atom is -0.336 e. The third-order valence-electron chi connectivity index (χ3n) is 4.29. The first-order valence-electron chi connectivity index (χ1n) is 8.89. The van der Waals surface area contributed by atoms with Crippen molar-refractivity contribution in [3.05, 3.63) is 53.9 Å². The molecular formula is C19H25N5OS. The van der Waals surface area contributed by atoms with Gasteiger partial charge in [-0.15, -0.1) is 5.10 Å². The van der Waals surface area contributed by atoms with Gasteiger partial charge in [-0.2, -0.15) is 11.8 Å². The van der Waals surface area contributed by atoms with Crippen LogP contribution in [0.4, 0.5) is 0 Å². The predicted molar refractivity (Wildman–Crippen MR) is 106 cm³/mol. The van der Waals surface area contributed by atoms with E-state index >= 15 is 0 Å². The Hall–Kier alpha value is -2.12. The Kier molecular flexibility index (Phi) is 6.85. The third kappa shape index (κ3) is 5.44. The van der Waals surface area contributed by atoms with Crippen molar-refractivity contribution < 1.29 is 4.79 Å². The summed E-state index contributed by atoms with van der Waals surface area (Å²) >= 11 is 1.89. The number of thioether (sulfide) groups is 1. The van der Waals surface area contributed by atoms with E-state index in [1.807, 2.05) is 34.9 Å². The molecule has 1 aliphatic heterocycles. The number of carbonyl (C=O) groups excluding carboxylic acids is 1. The number of nitrogens with zero attached hydrogens (tertiary/aromatic N) is 5.